The summed E-state index contributed by atoms with van der Waals surface area (Å²) in [5.41, 5.74) is 37.9. The summed E-state index contributed by atoms with van der Waals surface area (Å²) >= 11 is 3.76. The van der Waals surface area contributed by atoms with Gasteiger partial charge in [-0.2, -0.15) is 0 Å². The Bertz CT molecular complexity index is 7570. The number of benzene rings is 18. The molecule has 0 spiro atoms. The van der Waals surface area contributed by atoms with Crippen LogP contribution in [0.5, 0.6) is 0 Å². The van der Waals surface area contributed by atoms with Gasteiger partial charge in [-0.1, -0.05) is 355 Å². The summed E-state index contributed by atoms with van der Waals surface area (Å²) in [6.07, 6.45) is 0. The quantitative estimate of drug-likeness (QED) is 0.114. The van der Waals surface area contributed by atoms with E-state index in [9.17, 15) is 0 Å². The van der Waals surface area contributed by atoms with E-state index in [1.165, 1.54) is 179 Å². The second-order valence-corrected chi connectivity index (χ2v) is 36.1. The molecule has 0 radical (unpaired) electrons. The predicted molar refractivity (Wildman–Crippen MR) is 508 cm³/mol. The van der Waals surface area contributed by atoms with Crippen molar-refractivity contribution in [3.63, 3.8) is 0 Å². The van der Waals surface area contributed by atoms with Gasteiger partial charge >= 0.3 is 0 Å². The molecule has 4 aliphatic carbocycles. The van der Waals surface area contributed by atoms with Crippen LogP contribution < -0.4 is 9.80 Å². The van der Waals surface area contributed by atoms with Crippen molar-refractivity contribution in [2.24, 2.45) is 0 Å². The molecule has 1 atom stereocenters. The summed E-state index contributed by atoms with van der Waals surface area (Å²) < 4.78 is 5.03. The summed E-state index contributed by atoms with van der Waals surface area (Å²) in [7, 11) is 0. The van der Waals surface area contributed by atoms with Gasteiger partial charge in [0.2, 0.25) is 0 Å². The first-order valence-electron chi connectivity index (χ1n) is 41.9. The summed E-state index contributed by atoms with van der Waals surface area (Å²) in [4.78, 5) is 5.10. The van der Waals surface area contributed by atoms with Gasteiger partial charge in [-0.25, -0.2) is 0 Å². The molecule has 24 rings (SSSR count). The van der Waals surface area contributed by atoms with Crippen LogP contribution in [0.1, 0.15) is 94.5 Å². The van der Waals surface area contributed by atoms with Crippen LogP contribution in [0.4, 0.5) is 34.1 Å². The second-order valence-electron chi connectivity index (χ2n) is 34.0. The third-order valence-electron chi connectivity index (χ3n) is 27.2. The number of anilines is 6. The van der Waals surface area contributed by atoms with Crippen molar-refractivity contribution in [2.45, 2.75) is 49.4 Å². The van der Waals surface area contributed by atoms with Gasteiger partial charge in [0, 0.05) is 74.9 Å². The lowest BCUT2D eigenvalue weighted by atomic mass is 9.67. The Kier molecular flexibility index (Phi) is 15.7. The largest absolute Gasteiger partial charge is 0.310 e. The molecule has 0 bridgehead atoms. The molecule has 0 saturated heterocycles. The van der Waals surface area contributed by atoms with Crippen LogP contribution in [0.2, 0.25) is 0 Å². The molecular weight excluding hydrogens is 1490 g/mol. The topological polar surface area (TPSA) is 6.48 Å². The molecule has 1 unspecified atom stereocenters. The minimum atomic E-state index is -0.714. The first-order chi connectivity index (χ1) is 59.0. The van der Waals surface area contributed by atoms with E-state index in [1.807, 2.05) is 22.7 Å². The van der Waals surface area contributed by atoms with Crippen LogP contribution >= 0.6 is 22.7 Å². The summed E-state index contributed by atoms with van der Waals surface area (Å²) in [6, 6.07) is 157. The van der Waals surface area contributed by atoms with E-state index in [0.29, 0.717) is 0 Å². The lowest BCUT2D eigenvalue weighted by Gasteiger charge is -2.35. The maximum Gasteiger partial charge on any atom is 0.0714 e. The molecule has 2 heterocycles. The molecule has 120 heavy (non-hydrogen) atoms. The molecular formula is C116H80N2S2. The minimum Gasteiger partial charge on any atom is -0.310 e. The monoisotopic (exact) mass is 1560 g/mol. The Balaban J connectivity index is 0.671. The van der Waals surface area contributed by atoms with E-state index in [2.05, 4.69) is 450 Å². The zero-order chi connectivity index (χ0) is 79.7. The number of rotatable bonds is 13. The van der Waals surface area contributed by atoms with Gasteiger partial charge in [-0.05, 0) is 230 Å². The van der Waals surface area contributed by atoms with Crippen LogP contribution in [-0.2, 0) is 21.7 Å². The SMILES string of the molecule is CC1(C)c2ccccc2-c2cccc(-c3cccc(N(c4ccc5c(c4)C(c4ccccc4)(c4ccc(-c6cccc7sc8c(N(c9cccc(-c%10cccc%11c%10C(C)(C)c%10ccccc%10-%11)c9)c9ccc%10c(c9)C(c9ccccc9)(c9ccccc9)c9ccccc9-%10)cccc8c67)cc4)c4ccccc4-5)c4ccc5sc6ccccc6c5c4)c3)c21. The van der Waals surface area contributed by atoms with E-state index in [1.54, 1.807) is 0 Å². The fraction of sp³-hybridized carbons (Fsp3) is 0.0690. The Hall–Kier alpha value is -14.0. The van der Waals surface area contributed by atoms with E-state index in [4.69, 9.17) is 0 Å². The summed E-state index contributed by atoms with van der Waals surface area (Å²) in [5.74, 6) is 0. The first-order valence-corrected chi connectivity index (χ1v) is 43.6. The average molecular weight is 1570 g/mol. The van der Waals surface area contributed by atoms with Crippen molar-refractivity contribution in [3.8, 4) is 77.9 Å². The minimum absolute atomic E-state index is 0.192. The van der Waals surface area contributed by atoms with Crippen molar-refractivity contribution in [2.75, 3.05) is 9.80 Å². The molecule has 4 heteroatoms. The summed E-state index contributed by atoms with van der Waals surface area (Å²) in [6.45, 7) is 9.60. The normalized spacial score (nSPS) is 15.1. The molecule has 566 valence electrons. The van der Waals surface area contributed by atoms with Gasteiger partial charge in [0.1, 0.15) is 0 Å². The number of hydrogen-bond acceptors (Lipinski definition) is 4. The Labute approximate surface area is 708 Å². The summed E-state index contributed by atoms with van der Waals surface area (Å²) in [5, 5.41) is 5.01. The molecule has 0 N–H and O–H groups in total. The van der Waals surface area contributed by atoms with E-state index >= 15 is 0 Å². The predicted octanol–water partition coefficient (Wildman–Crippen LogP) is 31.7. The van der Waals surface area contributed by atoms with Crippen molar-refractivity contribution in [1.82, 2.24) is 0 Å². The second kappa shape index (κ2) is 26.8. The standard InChI is InChI=1S/C116H80N2S2/c1-113(2)99-51-19-14-42-90(99)95-48-26-46-86(110(95)113)74-30-24-38-80(68-74)117(82-64-67-107-98(70-82)94-44-18-23-56-106(94)119-107)83-62-65-92-89-41-17-22-54-102(89)116(103(92)71-83,78-36-12-7-13-37-78)79-60-58-73(59-61-79)85-45-29-57-108-109(85)97-50-28-55-105(112(97)120-108)118(81-39-25-31-75(69-81)87-47-27-49-96-91-43-15-20-52-100(91)114(3,4)111(87)96)84-63-66-93-88-40-16-21-53-101(88)115(104(93)72-84,76-32-8-5-9-33-76)77-34-10-6-11-35-77/h5-72H,1-4H3. The van der Waals surface area contributed by atoms with Gasteiger partial charge in [0.25, 0.3) is 0 Å². The lowest BCUT2D eigenvalue weighted by Crippen LogP contribution is -2.28. The molecule has 0 saturated carbocycles. The smallest absolute Gasteiger partial charge is 0.0714 e. The van der Waals surface area contributed by atoms with Crippen LogP contribution in [-0.4, -0.2) is 0 Å². The third kappa shape index (κ3) is 10.1. The fourth-order valence-electron chi connectivity index (χ4n) is 22.1. The highest BCUT2D eigenvalue weighted by Gasteiger charge is 2.49. The molecule has 18 aromatic carbocycles. The van der Waals surface area contributed by atoms with Gasteiger partial charge in [0.15, 0.2) is 0 Å². The lowest BCUT2D eigenvalue weighted by molar-refractivity contribution is 0.662. The molecule has 0 aliphatic heterocycles. The highest BCUT2D eigenvalue weighted by Crippen LogP contribution is 2.62. The Morgan fingerprint density at radius 2 is 0.583 bits per heavy atom. The number of hydrogen-bond donors (Lipinski definition) is 0. The van der Waals surface area contributed by atoms with Gasteiger partial charge < -0.3 is 9.80 Å². The van der Waals surface area contributed by atoms with Crippen molar-refractivity contribution in [3.05, 3.63) is 479 Å². The zero-order valence-corrected chi connectivity index (χ0v) is 68.6. The van der Waals surface area contributed by atoms with E-state index in [0.717, 1.165) is 39.7 Å². The highest BCUT2D eigenvalue weighted by molar-refractivity contribution is 7.26. The third-order valence-corrected chi connectivity index (χ3v) is 29.5. The van der Waals surface area contributed by atoms with Crippen LogP contribution in [0, 0.1) is 0 Å². The Morgan fingerprint density at radius 1 is 0.208 bits per heavy atom. The van der Waals surface area contributed by atoms with Crippen LogP contribution in [0.15, 0.2) is 413 Å². The molecule has 0 fully saturated rings. The van der Waals surface area contributed by atoms with Crippen molar-refractivity contribution in [1.29, 1.82) is 0 Å². The molecule has 2 aromatic heterocycles. The molecule has 2 nitrogen and oxygen atoms in total. The maximum atomic E-state index is 2.57. The molecule has 0 amide bonds. The first kappa shape index (κ1) is 70.2. The molecule has 4 aliphatic rings. The van der Waals surface area contributed by atoms with Gasteiger partial charge in [-0.15, -0.1) is 22.7 Å². The van der Waals surface area contributed by atoms with Crippen molar-refractivity contribution < 1.29 is 0 Å². The number of thiophene rings is 2. The van der Waals surface area contributed by atoms with Crippen LogP contribution in [0.25, 0.3) is 118 Å². The van der Waals surface area contributed by atoms with Gasteiger partial charge in [0.05, 0.1) is 21.2 Å². The average Bonchev–Trinajstić information content (AvgIpc) is 1.54. The van der Waals surface area contributed by atoms with E-state index in [-0.39, 0.29) is 10.8 Å². The zero-order valence-electron chi connectivity index (χ0n) is 67.0. The molecule has 20 aromatic rings. The van der Waals surface area contributed by atoms with Crippen molar-refractivity contribution >= 4 is 97.1 Å². The van der Waals surface area contributed by atoms with Crippen LogP contribution in [0.3, 0.4) is 0 Å². The van der Waals surface area contributed by atoms with E-state index < -0.39 is 10.8 Å². The number of nitrogens with zero attached hydrogens (tertiary/aromatic N) is 2. The number of fused-ring (bicyclic) bond motifs is 18. The Morgan fingerprint density at radius 3 is 1.14 bits per heavy atom. The maximum absolute atomic E-state index is 2.57. The highest BCUT2D eigenvalue weighted by atomic mass is 32.1. The van der Waals surface area contributed by atoms with Gasteiger partial charge in [-0.3, -0.25) is 0 Å². The fourth-order valence-corrected chi connectivity index (χ4v) is 24.5.